The van der Waals surface area contributed by atoms with Gasteiger partial charge in [0.05, 0.1) is 5.75 Å². The van der Waals surface area contributed by atoms with Gasteiger partial charge in [-0.3, -0.25) is 9.59 Å². The Morgan fingerprint density at radius 3 is 2.48 bits per heavy atom. The Kier molecular flexibility index (Phi) is 10.3. The maximum absolute atomic E-state index is 14.0. The van der Waals surface area contributed by atoms with E-state index in [-0.39, 0.29) is 35.2 Å². The molecule has 2 rings (SSSR count). The maximum atomic E-state index is 14.0. The van der Waals surface area contributed by atoms with Crippen molar-refractivity contribution >= 4 is 51.1 Å². The summed E-state index contributed by atoms with van der Waals surface area (Å²) in [7, 11) is 0. The fourth-order valence-electron chi connectivity index (χ4n) is 2.83. The van der Waals surface area contributed by atoms with E-state index in [1.54, 1.807) is 24.0 Å². The van der Waals surface area contributed by atoms with Crippen LogP contribution in [0.1, 0.15) is 38.3 Å². The second-order valence-corrected chi connectivity index (χ2v) is 9.64. The van der Waals surface area contributed by atoms with Crippen LogP contribution >= 0.6 is 39.3 Å². The van der Waals surface area contributed by atoms with Gasteiger partial charge in [-0.1, -0.05) is 52.7 Å². The number of thioether (sulfide) groups is 1. The molecule has 4 nitrogen and oxygen atoms in total. The molecule has 2 aromatic rings. The molecule has 0 saturated heterocycles. The Labute approximate surface area is 201 Å². The SMILES string of the molecule is CC[C@@H](C)NC(=O)[C@H](C)N(Cc1ccc(Br)cc1)C(=O)CSCc1c(F)cccc1Cl. The van der Waals surface area contributed by atoms with Crippen LogP contribution < -0.4 is 5.32 Å². The summed E-state index contributed by atoms with van der Waals surface area (Å²) in [6.45, 7) is 5.96. The number of rotatable bonds is 10. The zero-order valence-corrected chi connectivity index (χ0v) is 21.0. The van der Waals surface area contributed by atoms with E-state index in [9.17, 15) is 14.0 Å². The Morgan fingerprint density at radius 2 is 1.87 bits per heavy atom. The lowest BCUT2D eigenvalue weighted by atomic mass is 10.1. The van der Waals surface area contributed by atoms with E-state index in [4.69, 9.17) is 11.6 Å². The number of benzene rings is 2. The first-order valence-electron chi connectivity index (χ1n) is 10.1. The molecule has 0 heterocycles. The number of carbonyl (C=O) groups is 2. The largest absolute Gasteiger partial charge is 0.352 e. The average Bonchev–Trinajstić information content (AvgIpc) is 2.74. The number of nitrogens with zero attached hydrogens (tertiary/aromatic N) is 1. The molecule has 2 atom stereocenters. The first kappa shape index (κ1) is 25.7. The third-order valence-corrected chi connectivity index (χ3v) is 6.79. The van der Waals surface area contributed by atoms with Gasteiger partial charge < -0.3 is 10.2 Å². The Bertz CT molecular complexity index is 877. The van der Waals surface area contributed by atoms with Crippen molar-refractivity contribution in [2.45, 2.75) is 51.6 Å². The van der Waals surface area contributed by atoms with Gasteiger partial charge in [-0.2, -0.15) is 0 Å². The van der Waals surface area contributed by atoms with Crippen molar-refractivity contribution in [2.75, 3.05) is 5.75 Å². The highest BCUT2D eigenvalue weighted by Gasteiger charge is 2.26. The lowest BCUT2D eigenvalue weighted by Crippen LogP contribution is -2.50. The molecule has 0 spiro atoms. The van der Waals surface area contributed by atoms with Crippen molar-refractivity contribution < 1.29 is 14.0 Å². The van der Waals surface area contributed by atoms with Gasteiger partial charge in [-0.25, -0.2) is 4.39 Å². The summed E-state index contributed by atoms with van der Waals surface area (Å²) in [5.74, 6) is -0.381. The van der Waals surface area contributed by atoms with E-state index in [1.807, 2.05) is 38.1 Å². The molecule has 8 heteroatoms. The van der Waals surface area contributed by atoms with Gasteiger partial charge in [-0.15, -0.1) is 11.8 Å². The Hall–Kier alpha value is -1.57. The van der Waals surface area contributed by atoms with Gasteiger partial charge in [0.1, 0.15) is 11.9 Å². The zero-order valence-electron chi connectivity index (χ0n) is 17.8. The molecule has 2 amide bonds. The second-order valence-electron chi connectivity index (χ2n) is 7.33. The summed E-state index contributed by atoms with van der Waals surface area (Å²) in [5, 5.41) is 3.28. The zero-order chi connectivity index (χ0) is 23.0. The number of halogens is 3. The normalized spacial score (nSPS) is 12.8. The van der Waals surface area contributed by atoms with Crippen LogP contribution in [0, 0.1) is 5.82 Å². The maximum Gasteiger partial charge on any atom is 0.242 e. The van der Waals surface area contributed by atoms with E-state index in [0.29, 0.717) is 17.1 Å². The van der Waals surface area contributed by atoms with Gasteiger partial charge in [-0.05, 0) is 50.1 Å². The highest BCUT2D eigenvalue weighted by molar-refractivity contribution is 9.10. The number of amides is 2. The molecule has 0 radical (unpaired) electrons. The molecular formula is C23H27BrClFN2O2S. The van der Waals surface area contributed by atoms with Crippen molar-refractivity contribution in [3.05, 3.63) is 68.9 Å². The van der Waals surface area contributed by atoms with Crippen LogP contribution in [-0.2, 0) is 21.9 Å². The molecule has 0 unspecified atom stereocenters. The lowest BCUT2D eigenvalue weighted by Gasteiger charge is -2.29. The molecule has 0 bridgehead atoms. The molecule has 0 aromatic heterocycles. The Balaban J connectivity index is 2.11. The summed E-state index contributed by atoms with van der Waals surface area (Å²) in [6, 6.07) is 11.5. The summed E-state index contributed by atoms with van der Waals surface area (Å²) in [6.07, 6.45) is 0.804. The van der Waals surface area contributed by atoms with Crippen LogP contribution in [-0.4, -0.2) is 34.6 Å². The smallest absolute Gasteiger partial charge is 0.242 e. The van der Waals surface area contributed by atoms with Crippen LogP contribution in [0.25, 0.3) is 0 Å². The topological polar surface area (TPSA) is 49.4 Å². The van der Waals surface area contributed by atoms with E-state index in [0.717, 1.165) is 16.5 Å². The minimum atomic E-state index is -0.636. The standard InChI is InChI=1S/C23H27BrClFN2O2S/c1-4-15(2)27-23(30)16(3)28(12-17-8-10-18(24)11-9-17)22(29)14-31-13-19-20(25)6-5-7-21(19)26/h5-11,15-16H,4,12-14H2,1-3H3,(H,27,30)/t15-,16+/m1/s1. The summed E-state index contributed by atoms with van der Waals surface area (Å²) < 4.78 is 14.9. The number of hydrogen-bond acceptors (Lipinski definition) is 3. The molecule has 0 fully saturated rings. The van der Waals surface area contributed by atoms with Crippen molar-refractivity contribution in [3.63, 3.8) is 0 Å². The molecule has 31 heavy (non-hydrogen) atoms. The number of hydrogen-bond donors (Lipinski definition) is 1. The van der Waals surface area contributed by atoms with Crippen molar-refractivity contribution in [1.29, 1.82) is 0 Å². The highest BCUT2D eigenvalue weighted by atomic mass is 79.9. The van der Waals surface area contributed by atoms with Crippen molar-refractivity contribution in [1.82, 2.24) is 10.2 Å². The molecule has 0 aliphatic heterocycles. The summed E-state index contributed by atoms with van der Waals surface area (Å²) >= 11 is 10.8. The fraction of sp³-hybridized carbons (Fsp3) is 0.391. The molecule has 0 saturated carbocycles. The average molecular weight is 530 g/mol. The van der Waals surface area contributed by atoms with Crippen LogP contribution in [0.3, 0.4) is 0 Å². The van der Waals surface area contributed by atoms with Gasteiger partial charge >= 0.3 is 0 Å². The number of nitrogens with one attached hydrogen (secondary N) is 1. The van der Waals surface area contributed by atoms with Gasteiger partial charge in [0.15, 0.2) is 0 Å². The molecule has 1 N–H and O–H groups in total. The van der Waals surface area contributed by atoms with E-state index in [2.05, 4.69) is 21.2 Å². The highest BCUT2D eigenvalue weighted by Crippen LogP contribution is 2.24. The minimum absolute atomic E-state index is 0.0251. The molecule has 2 aromatic carbocycles. The predicted octanol–water partition coefficient (Wildman–Crippen LogP) is 5.81. The van der Waals surface area contributed by atoms with E-state index < -0.39 is 6.04 Å². The van der Waals surface area contributed by atoms with Crippen LogP contribution in [0.4, 0.5) is 4.39 Å². The lowest BCUT2D eigenvalue weighted by molar-refractivity contribution is -0.138. The van der Waals surface area contributed by atoms with Crippen LogP contribution in [0.15, 0.2) is 46.9 Å². The van der Waals surface area contributed by atoms with Crippen molar-refractivity contribution in [3.8, 4) is 0 Å². The minimum Gasteiger partial charge on any atom is -0.352 e. The first-order valence-corrected chi connectivity index (χ1v) is 12.4. The quantitative estimate of drug-likeness (QED) is 0.423. The Morgan fingerprint density at radius 1 is 1.19 bits per heavy atom. The molecule has 168 valence electrons. The fourth-order valence-corrected chi connectivity index (χ4v) is 4.34. The van der Waals surface area contributed by atoms with E-state index in [1.165, 1.54) is 17.8 Å². The molecular weight excluding hydrogens is 503 g/mol. The van der Waals surface area contributed by atoms with Crippen LogP contribution in [0.2, 0.25) is 5.02 Å². The predicted molar refractivity (Wildman–Crippen MR) is 130 cm³/mol. The third kappa shape index (κ3) is 7.81. The van der Waals surface area contributed by atoms with E-state index >= 15 is 0 Å². The van der Waals surface area contributed by atoms with Gasteiger partial charge in [0, 0.05) is 33.4 Å². The van der Waals surface area contributed by atoms with Gasteiger partial charge in [0.25, 0.3) is 0 Å². The summed E-state index contributed by atoms with van der Waals surface area (Å²) in [4.78, 5) is 27.3. The third-order valence-electron chi connectivity index (χ3n) is 4.97. The molecule has 0 aliphatic carbocycles. The van der Waals surface area contributed by atoms with Crippen molar-refractivity contribution in [2.24, 2.45) is 0 Å². The van der Waals surface area contributed by atoms with Gasteiger partial charge in [0.2, 0.25) is 11.8 Å². The van der Waals surface area contributed by atoms with Crippen LogP contribution in [0.5, 0.6) is 0 Å². The first-order chi connectivity index (χ1) is 14.7. The molecule has 0 aliphatic rings. The number of carbonyl (C=O) groups excluding carboxylic acids is 2. The monoisotopic (exact) mass is 528 g/mol. The second kappa shape index (κ2) is 12.5. The summed E-state index contributed by atoms with van der Waals surface area (Å²) in [5.41, 5.74) is 1.30.